The fourth-order valence-corrected chi connectivity index (χ4v) is 3.68. The lowest BCUT2D eigenvalue weighted by Gasteiger charge is -2.32. The van der Waals surface area contributed by atoms with Crippen molar-refractivity contribution in [3.63, 3.8) is 0 Å². The molecule has 0 spiro atoms. The first-order chi connectivity index (χ1) is 13.1. The molecule has 0 atom stereocenters. The summed E-state index contributed by atoms with van der Waals surface area (Å²) in [5.74, 6) is 1.03. The van der Waals surface area contributed by atoms with Crippen molar-refractivity contribution < 1.29 is 28.9 Å². The van der Waals surface area contributed by atoms with Gasteiger partial charge < -0.3 is 24.2 Å². The molecule has 1 aromatic carbocycles. The Morgan fingerprint density at radius 3 is 2.37 bits per heavy atom. The summed E-state index contributed by atoms with van der Waals surface area (Å²) in [5.41, 5.74) is 1.23. The quantitative estimate of drug-likeness (QED) is 0.581. The molecule has 27 heavy (non-hydrogen) atoms. The lowest BCUT2D eigenvalue weighted by molar-refractivity contribution is -0.155. The van der Waals surface area contributed by atoms with Crippen LogP contribution in [0.2, 0.25) is 0 Å². The zero-order chi connectivity index (χ0) is 19.2. The first-order valence-corrected chi connectivity index (χ1v) is 9.47. The third kappa shape index (κ3) is 5.13. The zero-order valence-electron chi connectivity index (χ0n) is 15.6. The summed E-state index contributed by atoms with van der Waals surface area (Å²) in [5, 5.41) is 9.02. The van der Waals surface area contributed by atoms with Crippen LogP contribution in [0.15, 0.2) is 24.3 Å². The minimum atomic E-state index is -0.831. The number of hydrogen-bond acceptors (Lipinski definition) is 5. The van der Waals surface area contributed by atoms with Crippen molar-refractivity contribution in [2.75, 3.05) is 33.4 Å². The van der Waals surface area contributed by atoms with Crippen molar-refractivity contribution in [2.24, 2.45) is 5.92 Å². The third-order valence-corrected chi connectivity index (χ3v) is 5.45. The number of rotatable bonds is 7. The number of carboxylic acid groups (broad SMARTS) is 1. The largest absolute Gasteiger partial charge is 0.491 e. The van der Waals surface area contributed by atoms with E-state index in [0.29, 0.717) is 32.2 Å². The Morgan fingerprint density at radius 1 is 1.11 bits per heavy atom. The first-order valence-electron chi connectivity index (χ1n) is 9.47. The van der Waals surface area contributed by atoms with Gasteiger partial charge in [0, 0.05) is 13.1 Å². The number of carbonyl (C=O) groups excluding carboxylic acids is 1. The minimum Gasteiger partial charge on any atom is -0.491 e. The van der Waals surface area contributed by atoms with E-state index in [1.807, 2.05) is 12.1 Å². The van der Waals surface area contributed by atoms with Crippen LogP contribution in [0.1, 0.15) is 37.2 Å². The van der Waals surface area contributed by atoms with Gasteiger partial charge in [0.15, 0.2) is 0 Å². The van der Waals surface area contributed by atoms with Gasteiger partial charge in [0.25, 0.3) is 0 Å². The highest BCUT2D eigenvalue weighted by Crippen LogP contribution is 2.31. The fourth-order valence-electron chi connectivity index (χ4n) is 3.68. The van der Waals surface area contributed by atoms with Crippen LogP contribution in [-0.4, -0.2) is 61.6 Å². The number of nitrogens with zero attached hydrogens (tertiary/aromatic N) is 1. The number of ether oxygens (including phenoxy) is 3. The second kappa shape index (κ2) is 9.08. The minimum absolute atomic E-state index is 0.0178. The molecule has 2 aliphatic rings. The molecule has 2 fully saturated rings. The summed E-state index contributed by atoms with van der Waals surface area (Å²) in [4.78, 5) is 23.8. The SMILES string of the molecule is COC(=O)C1CC(OCCOc2ccc(C3CCN(C(=O)O)CC3)cc2)C1. The Labute approximate surface area is 159 Å². The van der Waals surface area contributed by atoms with Gasteiger partial charge in [-0.2, -0.15) is 0 Å². The monoisotopic (exact) mass is 377 g/mol. The van der Waals surface area contributed by atoms with E-state index in [0.717, 1.165) is 31.4 Å². The fraction of sp³-hybridized carbons (Fsp3) is 0.600. The molecule has 1 amide bonds. The van der Waals surface area contributed by atoms with E-state index in [9.17, 15) is 9.59 Å². The maximum absolute atomic E-state index is 11.3. The van der Waals surface area contributed by atoms with Gasteiger partial charge in [-0.3, -0.25) is 4.79 Å². The second-order valence-electron chi connectivity index (χ2n) is 7.15. The van der Waals surface area contributed by atoms with Gasteiger partial charge >= 0.3 is 12.1 Å². The van der Waals surface area contributed by atoms with Crippen molar-refractivity contribution >= 4 is 12.1 Å². The normalized spacial score (nSPS) is 22.8. The van der Waals surface area contributed by atoms with E-state index >= 15 is 0 Å². The molecule has 1 N–H and O–H groups in total. The highest BCUT2D eigenvalue weighted by molar-refractivity contribution is 5.73. The number of benzene rings is 1. The van der Waals surface area contributed by atoms with E-state index in [1.165, 1.54) is 17.6 Å². The average Bonchev–Trinajstić information content (AvgIpc) is 2.66. The van der Waals surface area contributed by atoms with Crippen LogP contribution in [0.5, 0.6) is 5.75 Å². The second-order valence-corrected chi connectivity index (χ2v) is 7.15. The molecule has 1 aliphatic carbocycles. The Kier molecular flexibility index (Phi) is 6.55. The highest BCUT2D eigenvalue weighted by atomic mass is 16.5. The van der Waals surface area contributed by atoms with Gasteiger partial charge in [-0.15, -0.1) is 0 Å². The van der Waals surface area contributed by atoms with Gasteiger partial charge in [0.2, 0.25) is 0 Å². The van der Waals surface area contributed by atoms with E-state index in [1.54, 1.807) is 0 Å². The van der Waals surface area contributed by atoms with Crippen molar-refractivity contribution in [2.45, 2.75) is 37.7 Å². The van der Waals surface area contributed by atoms with Crippen LogP contribution in [0.3, 0.4) is 0 Å². The smallest absolute Gasteiger partial charge is 0.407 e. The maximum Gasteiger partial charge on any atom is 0.407 e. The number of amides is 1. The summed E-state index contributed by atoms with van der Waals surface area (Å²) in [6, 6.07) is 8.03. The number of hydrogen-bond donors (Lipinski definition) is 1. The molecule has 0 radical (unpaired) electrons. The molecule has 148 valence electrons. The molecule has 7 nitrogen and oxygen atoms in total. The Bertz CT molecular complexity index is 632. The molecule has 0 bridgehead atoms. The molecule has 7 heteroatoms. The van der Waals surface area contributed by atoms with Gasteiger partial charge in [0.05, 0.1) is 25.7 Å². The number of carbonyl (C=O) groups is 2. The molecule has 3 rings (SSSR count). The molecule has 1 aromatic rings. The Hall–Kier alpha value is -2.28. The topological polar surface area (TPSA) is 85.3 Å². The predicted octanol–water partition coefficient (Wildman–Crippen LogP) is 2.89. The van der Waals surface area contributed by atoms with Crippen LogP contribution in [0.4, 0.5) is 4.79 Å². The number of likely N-dealkylation sites (tertiary alicyclic amines) is 1. The van der Waals surface area contributed by atoms with Gasteiger partial charge in [-0.1, -0.05) is 12.1 Å². The number of piperidine rings is 1. The van der Waals surface area contributed by atoms with Crippen molar-refractivity contribution in [3.8, 4) is 5.75 Å². The zero-order valence-corrected chi connectivity index (χ0v) is 15.6. The predicted molar refractivity (Wildman–Crippen MR) is 98.0 cm³/mol. The summed E-state index contributed by atoms with van der Waals surface area (Å²) in [6.07, 6.45) is 2.45. The van der Waals surface area contributed by atoms with Crippen molar-refractivity contribution in [1.82, 2.24) is 4.90 Å². The average molecular weight is 377 g/mol. The molecular weight excluding hydrogens is 350 g/mol. The Balaban J connectivity index is 1.33. The third-order valence-electron chi connectivity index (χ3n) is 5.45. The molecule has 1 saturated carbocycles. The molecular formula is C20H27NO6. The van der Waals surface area contributed by atoms with Crippen LogP contribution >= 0.6 is 0 Å². The summed E-state index contributed by atoms with van der Waals surface area (Å²) >= 11 is 0. The molecule has 0 aromatic heterocycles. The van der Waals surface area contributed by atoms with E-state index in [4.69, 9.17) is 19.3 Å². The summed E-state index contributed by atoms with van der Waals surface area (Å²) in [6.45, 7) is 2.14. The van der Waals surface area contributed by atoms with Crippen LogP contribution in [0.25, 0.3) is 0 Å². The van der Waals surface area contributed by atoms with Gasteiger partial charge in [0.1, 0.15) is 12.4 Å². The molecule has 1 saturated heterocycles. The van der Waals surface area contributed by atoms with Crippen LogP contribution in [-0.2, 0) is 14.3 Å². The van der Waals surface area contributed by atoms with E-state index < -0.39 is 6.09 Å². The van der Waals surface area contributed by atoms with E-state index in [2.05, 4.69) is 12.1 Å². The molecule has 1 heterocycles. The summed E-state index contributed by atoms with van der Waals surface area (Å²) in [7, 11) is 1.41. The molecule has 0 unspecified atom stereocenters. The van der Waals surface area contributed by atoms with E-state index in [-0.39, 0.29) is 18.0 Å². The summed E-state index contributed by atoms with van der Waals surface area (Å²) < 4.78 is 16.1. The highest BCUT2D eigenvalue weighted by Gasteiger charge is 2.35. The van der Waals surface area contributed by atoms with Gasteiger partial charge in [-0.25, -0.2) is 4.79 Å². The number of methoxy groups -OCH3 is 1. The maximum atomic E-state index is 11.3. The van der Waals surface area contributed by atoms with Crippen LogP contribution < -0.4 is 4.74 Å². The standard InChI is InChI=1S/C20H27NO6/c1-25-19(22)16-12-18(13-16)27-11-10-26-17-4-2-14(3-5-17)15-6-8-21(9-7-15)20(23)24/h2-5,15-16,18H,6-13H2,1H3,(H,23,24). The van der Waals surface area contributed by atoms with Gasteiger partial charge in [-0.05, 0) is 49.3 Å². The Morgan fingerprint density at radius 2 is 1.78 bits per heavy atom. The van der Waals surface area contributed by atoms with Crippen molar-refractivity contribution in [3.05, 3.63) is 29.8 Å². The lowest BCUT2D eigenvalue weighted by atomic mass is 9.82. The van der Waals surface area contributed by atoms with Crippen molar-refractivity contribution in [1.29, 1.82) is 0 Å². The van der Waals surface area contributed by atoms with Crippen LogP contribution in [0, 0.1) is 5.92 Å². The number of esters is 1. The first kappa shape index (κ1) is 19.5. The lowest BCUT2D eigenvalue weighted by Crippen LogP contribution is -2.37. The molecule has 1 aliphatic heterocycles.